The fraction of sp³-hybridized carbons (Fsp3) is 0.286. The van der Waals surface area contributed by atoms with Gasteiger partial charge in [0, 0.05) is 31.5 Å². The van der Waals surface area contributed by atoms with Crippen LogP contribution in [0.1, 0.15) is 12.0 Å². The van der Waals surface area contributed by atoms with Crippen molar-refractivity contribution in [2.75, 3.05) is 5.73 Å². The molecular weight excluding hydrogens is 257 g/mol. The van der Waals surface area contributed by atoms with E-state index >= 15 is 0 Å². The summed E-state index contributed by atoms with van der Waals surface area (Å²) in [6.45, 7) is 3.35. The van der Waals surface area contributed by atoms with Gasteiger partial charge < -0.3 is 14.9 Å². The highest BCUT2D eigenvalue weighted by molar-refractivity contribution is 5.79. The zero-order chi connectivity index (χ0) is 14.1. The number of aromatic nitrogens is 4. The monoisotopic (exact) mass is 273 g/mol. The van der Waals surface area contributed by atoms with Crippen LogP contribution >= 0.6 is 0 Å². The number of imidazole rings is 2. The molecule has 0 aliphatic carbocycles. The maximum atomic E-state index is 13.5. The third kappa shape index (κ3) is 2.24. The van der Waals surface area contributed by atoms with Gasteiger partial charge in [0.15, 0.2) is 0 Å². The summed E-state index contributed by atoms with van der Waals surface area (Å²) < 4.78 is 17.5. The normalized spacial score (nSPS) is 11.3. The number of aryl methyl sites for hydroxylation is 3. The molecular formula is C14H16FN5. The molecule has 3 aromatic rings. The summed E-state index contributed by atoms with van der Waals surface area (Å²) in [5.74, 6) is 0.177. The van der Waals surface area contributed by atoms with Gasteiger partial charge in [-0.2, -0.15) is 0 Å². The SMILES string of the molecule is Cc1cc2c(cc1F)nc(N)n2CCCn1ccnc1. The van der Waals surface area contributed by atoms with Crippen LogP contribution in [0.5, 0.6) is 0 Å². The van der Waals surface area contributed by atoms with Crippen LogP contribution in [-0.4, -0.2) is 19.1 Å². The van der Waals surface area contributed by atoms with E-state index < -0.39 is 0 Å². The molecule has 2 heterocycles. The Morgan fingerprint density at radius 1 is 1.30 bits per heavy atom. The van der Waals surface area contributed by atoms with E-state index in [1.165, 1.54) is 6.07 Å². The summed E-state index contributed by atoms with van der Waals surface area (Å²) in [5, 5.41) is 0. The topological polar surface area (TPSA) is 61.7 Å². The lowest BCUT2D eigenvalue weighted by Gasteiger charge is -2.07. The number of anilines is 1. The highest BCUT2D eigenvalue weighted by Crippen LogP contribution is 2.21. The van der Waals surface area contributed by atoms with Crippen LogP contribution in [0.4, 0.5) is 10.3 Å². The molecule has 104 valence electrons. The largest absolute Gasteiger partial charge is 0.369 e. The van der Waals surface area contributed by atoms with Gasteiger partial charge in [-0.1, -0.05) is 0 Å². The first-order valence-electron chi connectivity index (χ1n) is 6.53. The summed E-state index contributed by atoms with van der Waals surface area (Å²) in [6, 6.07) is 3.23. The molecule has 2 aromatic heterocycles. The van der Waals surface area contributed by atoms with Crippen molar-refractivity contribution >= 4 is 17.0 Å². The van der Waals surface area contributed by atoms with Gasteiger partial charge >= 0.3 is 0 Å². The first-order valence-corrected chi connectivity index (χ1v) is 6.53. The van der Waals surface area contributed by atoms with Gasteiger partial charge in [0.25, 0.3) is 0 Å². The Morgan fingerprint density at radius 2 is 2.15 bits per heavy atom. The molecule has 5 nitrogen and oxygen atoms in total. The van der Waals surface area contributed by atoms with Crippen molar-refractivity contribution < 1.29 is 4.39 Å². The van der Waals surface area contributed by atoms with Crippen molar-refractivity contribution in [1.29, 1.82) is 0 Å². The van der Waals surface area contributed by atoms with Crippen molar-refractivity contribution in [2.24, 2.45) is 0 Å². The maximum absolute atomic E-state index is 13.5. The molecule has 0 saturated heterocycles. The lowest BCUT2D eigenvalue weighted by atomic mass is 10.2. The molecule has 20 heavy (non-hydrogen) atoms. The molecule has 6 heteroatoms. The van der Waals surface area contributed by atoms with Crippen LogP contribution in [0.15, 0.2) is 30.9 Å². The standard InChI is InChI=1S/C14H16FN5/c1-10-7-13-12(8-11(10)15)18-14(16)20(13)5-2-4-19-6-3-17-9-19/h3,6-9H,2,4-5H2,1H3,(H2,16,18). The van der Waals surface area contributed by atoms with Gasteiger partial charge in [0.2, 0.25) is 5.95 Å². The lowest BCUT2D eigenvalue weighted by molar-refractivity contribution is 0.575. The van der Waals surface area contributed by atoms with E-state index in [2.05, 4.69) is 9.97 Å². The Hall–Kier alpha value is -2.37. The molecule has 0 aliphatic heterocycles. The summed E-state index contributed by atoms with van der Waals surface area (Å²) in [6.07, 6.45) is 6.37. The molecule has 0 radical (unpaired) electrons. The second-order valence-corrected chi connectivity index (χ2v) is 4.87. The molecule has 1 aromatic carbocycles. The van der Waals surface area contributed by atoms with Gasteiger partial charge in [0.1, 0.15) is 5.82 Å². The second-order valence-electron chi connectivity index (χ2n) is 4.87. The quantitative estimate of drug-likeness (QED) is 0.793. The Bertz CT molecular complexity index is 730. The van der Waals surface area contributed by atoms with Gasteiger partial charge in [-0.3, -0.25) is 0 Å². The average Bonchev–Trinajstić information content (AvgIpc) is 3.01. The number of hydrogen-bond donors (Lipinski definition) is 1. The van der Waals surface area contributed by atoms with E-state index in [1.807, 2.05) is 15.3 Å². The fourth-order valence-corrected chi connectivity index (χ4v) is 2.33. The van der Waals surface area contributed by atoms with Crippen LogP contribution in [0.3, 0.4) is 0 Å². The molecule has 0 spiro atoms. The van der Waals surface area contributed by atoms with E-state index in [-0.39, 0.29) is 5.82 Å². The highest BCUT2D eigenvalue weighted by atomic mass is 19.1. The first kappa shape index (κ1) is 12.7. The van der Waals surface area contributed by atoms with Crippen LogP contribution in [0.2, 0.25) is 0 Å². The smallest absolute Gasteiger partial charge is 0.201 e. The molecule has 0 bridgehead atoms. The first-order chi connectivity index (χ1) is 9.65. The minimum absolute atomic E-state index is 0.249. The van der Waals surface area contributed by atoms with Gasteiger partial charge in [0.05, 0.1) is 17.4 Å². The van der Waals surface area contributed by atoms with E-state index in [9.17, 15) is 4.39 Å². The summed E-state index contributed by atoms with van der Waals surface area (Å²) >= 11 is 0. The zero-order valence-corrected chi connectivity index (χ0v) is 11.3. The minimum Gasteiger partial charge on any atom is -0.369 e. The number of nitrogen functional groups attached to an aromatic ring is 1. The minimum atomic E-state index is -0.249. The van der Waals surface area contributed by atoms with Crippen LogP contribution in [0.25, 0.3) is 11.0 Å². The van der Waals surface area contributed by atoms with Crippen molar-refractivity contribution in [2.45, 2.75) is 26.4 Å². The number of hydrogen-bond acceptors (Lipinski definition) is 3. The Kier molecular flexibility index (Phi) is 3.14. The van der Waals surface area contributed by atoms with Crippen LogP contribution in [0, 0.1) is 12.7 Å². The molecule has 2 N–H and O–H groups in total. The van der Waals surface area contributed by atoms with E-state index in [0.29, 0.717) is 17.0 Å². The molecule has 0 saturated carbocycles. The van der Waals surface area contributed by atoms with Crippen molar-refractivity contribution in [3.8, 4) is 0 Å². The van der Waals surface area contributed by atoms with Crippen LogP contribution < -0.4 is 5.73 Å². The fourth-order valence-electron chi connectivity index (χ4n) is 2.33. The number of nitrogens with zero attached hydrogens (tertiary/aromatic N) is 4. The molecule has 0 amide bonds. The Balaban J connectivity index is 1.83. The van der Waals surface area contributed by atoms with Gasteiger partial charge in [-0.25, -0.2) is 14.4 Å². The van der Waals surface area contributed by atoms with Crippen molar-refractivity contribution in [1.82, 2.24) is 19.1 Å². The Morgan fingerprint density at radius 3 is 2.90 bits per heavy atom. The van der Waals surface area contributed by atoms with E-state index in [4.69, 9.17) is 5.73 Å². The highest BCUT2D eigenvalue weighted by Gasteiger charge is 2.10. The summed E-state index contributed by atoms with van der Waals surface area (Å²) in [7, 11) is 0. The average molecular weight is 273 g/mol. The number of rotatable bonds is 4. The predicted molar refractivity (Wildman–Crippen MR) is 75.7 cm³/mol. The molecule has 3 rings (SSSR count). The third-order valence-corrected chi connectivity index (χ3v) is 3.42. The van der Waals surface area contributed by atoms with Crippen molar-refractivity contribution in [3.05, 3.63) is 42.2 Å². The van der Waals surface area contributed by atoms with Gasteiger partial charge in [-0.05, 0) is 25.0 Å². The van der Waals surface area contributed by atoms with Crippen molar-refractivity contribution in [3.63, 3.8) is 0 Å². The second kappa shape index (κ2) is 4.96. The van der Waals surface area contributed by atoms with E-state index in [1.54, 1.807) is 25.5 Å². The number of halogens is 1. The van der Waals surface area contributed by atoms with E-state index in [0.717, 1.165) is 25.0 Å². The molecule has 0 aliphatic rings. The summed E-state index contributed by atoms with van der Waals surface area (Å²) in [4.78, 5) is 8.22. The number of benzene rings is 1. The lowest BCUT2D eigenvalue weighted by Crippen LogP contribution is -2.06. The predicted octanol–water partition coefficient (Wildman–Crippen LogP) is 2.35. The third-order valence-electron chi connectivity index (χ3n) is 3.42. The zero-order valence-electron chi connectivity index (χ0n) is 11.3. The Labute approximate surface area is 115 Å². The molecule has 0 atom stereocenters. The van der Waals surface area contributed by atoms with Gasteiger partial charge in [-0.15, -0.1) is 0 Å². The molecule has 0 fully saturated rings. The van der Waals surface area contributed by atoms with Crippen LogP contribution in [-0.2, 0) is 13.1 Å². The number of fused-ring (bicyclic) bond motifs is 1. The maximum Gasteiger partial charge on any atom is 0.201 e. The molecule has 0 unspecified atom stereocenters. The summed E-state index contributed by atoms with van der Waals surface area (Å²) in [5.41, 5.74) is 8.01. The number of nitrogens with two attached hydrogens (primary N) is 1.